The summed E-state index contributed by atoms with van der Waals surface area (Å²) < 4.78 is 5.13. The lowest BCUT2D eigenvalue weighted by molar-refractivity contribution is -0.144. The van der Waals surface area contributed by atoms with Gasteiger partial charge in [-0.1, -0.05) is 26.3 Å². The SMILES string of the molecule is C=CC(=O)OC(CCCCC)C(C)N. The van der Waals surface area contributed by atoms with E-state index in [1.165, 1.54) is 6.08 Å². The van der Waals surface area contributed by atoms with Crippen LogP contribution in [-0.4, -0.2) is 18.1 Å². The smallest absolute Gasteiger partial charge is 0.330 e. The normalized spacial score (nSPS) is 14.5. The number of nitrogens with two attached hydrogens (primary N) is 1. The van der Waals surface area contributed by atoms with Gasteiger partial charge in [-0.05, 0) is 19.8 Å². The molecule has 3 heteroatoms. The molecular weight excluding hydrogens is 178 g/mol. The molecule has 0 heterocycles. The first-order valence-electron chi connectivity index (χ1n) is 5.20. The maximum Gasteiger partial charge on any atom is 0.330 e. The summed E-state index contributed by atoms with van der Waals surface area (Å²) in [6.45, 7) is 7.34. The maximum atomic E-state index is 11.0. The van der Waals surface area contributed by atoms with Crippen LogP contribution in [-0.2, 0) is 9.53 Å². The zero-order valence-corrected chi connectivity index (χ0v) is 9.16. The number of rotatable bonds is 7. The Morgan fingerprint density at radius 1 is 1.57 bits per heavy atom. The molecule has 0 rings (SSSR count). The van der Waals surface area contributed by atoms with Gasteiger partial charge in [0.25, 0.3) is 0 Å². The van der Waals surface area contributed by atoms with Crippen molar-refractivity contribution in [3.63, 3.8) is 0 Å². The van der Waals surface area contributed by atoms with Crippen LogP contribution >= 0.6 is 0 Å². The average Bonchev–Trinajstić information content (AvgIpc) is 2.16. The summed E-state index contributed by atoms with van der Waals surface area (Å²) in [6, 6.07) is -0.115. The van der Waals surface area contributed by atoms with Gasteiger partial charge in [-0.25, -0.2) is 4.79 Å². The highest BCUT2D eigenvalue weighted by Gasteiger charge is 2.16. The van der Waals surface area contributed by atoms with E-state index in [0.29, 0.717) is 0 Å². The minimum atomic E-state index is -0.385. The van der Waals surface area contributed by atoms with Crippen LogP contribution < -0.4 is 5.73 Å². The minimum absolute atomic E-state index is 0.115. The van der Waals surface area contributed by atoms with Gasteiger partial charge < -0.3 is 10.5 Å². The molecular formula is C11H21NO2. The molecule has 0 amide bonds. The second-order valence-electron chi connectivity index (χ2n) is 3.53. The van der Waals surface area contributed by atoms with Crippen molar-refractivity contribution >= 4 is 5.97 Å². The molecule has 3 nitrogen and oxygen atoms in total. The summed E-state index contributed by atoms with van der Waals surface area (Å²) in [6.07, 6.45) is 5.19. The van der Waals surface area contributed by atoms with E-state index in [9.17, 15) is 4.79 Å². The first-order valence-corrected chi connectivity index (χ1v) is 5.20. The van der Waals surface area contributed by atoms with E-state index in [4.69, 9.17) is 10.5 Å². The van der Waals surface area contributed by atoms with Crippen molar-refractivity contribution < 1.29 is 9.53 Å². The van der Waals surface area contributed by atoms with Gasteiger partial charge in [-0.3, -0.25) is 0 Å². The third-order valence-electron chi connectivity index (χ3n) is 2.11. The molecule has 0 spiro atoms. The van der Waals surface area contributed by atoms with Gasteiger partial charge in [0.05, 0.1) is 0 Å². The topological polar surface area (TPSA) is 52.3 Å². The molecule has 0 aliphatic rings. The highest BCUT2D eigenvalue weighted by atomic mass is 16.5. The summed E-state index contributed by atoms with van der Waals surface area (Å²) in [7, 11) is 0. The van der Waals surface area contributed by atoms with Crippen LogP contribution in [0.4, 0.5) is 0 Å². The Morgan fingerprint density at radius 2 is 2.21 bits per heavy atom. The molecule has 0 radical (unpaired) electrons. The molecule has 14 heavy (non-hydrogen) atoms. The minimum Gasteiger partial charge on any atom is -0.458 e. The van der Waals surface area contributed by atoms with Crippen LogP contribution in [0.1, 0.15) is 39.5 Å². The third-order valence-corrected chi connectivity index (χ3v) is 2.11. The number of unbranched alkanes of at least 4 members (excludes halogenated alkanes) is 2. The fourth-order valence-corrected chi connectivity index (χ4v) is 1.22. The third kappa shape index (κ3) is 5.75. The lowest BCUT2D eigenvalue weighted by atomic mass is 10.1. The molecule has 0 aliphatic heterocycles. The summed E-state index contributed by atoms with van der Waals surface area (Å²) >= 11 is 0. The van der Waals surface area contributed by atoms with Crippen molar-refractivity contribution in [1.82, 2.24) is 0 Å². The summed E-state index contributed by atoms with van der Waals surface area (Å²) in [5.41, 5.74) is 5.71. The fourth-order valence-electron chi connectivity index (χ4n) is 1.22. The van der Waals surface area contributed by atoms with Gasteiger partial charge in [0.2, 0.25) is 0 Å². The van der Waals surface area contributed by atoms with E-state index in [1.54, 1.807) is 0 Å². The maximum absolute atomic E-state index is 11.0. The Kier molecular flexibility index (Phi) is 7.11. The fraction of sp³-hybridized carbons (Fsp3) is 0.727. The van der Waals surface area contributed by atoms with Crippen LogP contribution in [0.15, 0.2) is 12.7 Å². The van der Waals surface area contributed by atoms with Gasteiger partial charge in [0, 0.05) is 12.1 Å². The molecule has 0 saturated heterocycles. The summed E-state index contributed by atoms with van der Waals surface area (Å²) in [5, 5.41) is 0. The van der Waals surface area contributed by atoms with Crippen molar-refractivity contribution in [1.29, 1.82) is 0 Å². The second kappa shape index (κ2) is 7.56. The Morgan fingerprint density at radius 3 is 2.64 bits per heavy atom. The number of carbonyl (C=O) groups excluding carboxylic acids is 1. The van der Waals surface area contributed by atoms with Crippen LogP contribution in [0.2, 0.25) is 0 Å². The Hall–Kier alpha value is -0.830. The number of esters is 1. The van der Waals surface area contributed by atoms with E-state index in [2.05, 4.69) is 13.5 Å². The molecule has 0 bridgehead atoms. The lowest BCUT2D eigenvalue weighted by Gasteiger charge is -2.20. The van der Waals surface area contributed by atoms with E-state index in [0.717, 1.165) is 25.7 Å². The highest BCUT2D eigenvalue weighted by Crippen LogP contribution is 2.09. The van der Waals surface area contributed by atoms with E-state index in [1.807, 2.05) is 6.92 Å². The standard InChI is InChI=1S/C11H21NO2/c1-4-6-7-8-10(9(3)12)14-11(13)5-2/h5,9-10H,2,4,6-8,12H2,1,3H3. The Balaban J connectivity index is 3.89. The molecule has 2 atom stereocenters. The first kappa shape index (κ1) is 13.2. The summed E-state index contributed by atoms with van der Waals surface area (Å²) in [4.78, 5) is 11.0. The number of carbonyl (C=O) groups is 1. The molecule has 0 saturated carbocycles. The monoisotopic (exact) mass is 199 g/mol. The molecule has 2 N–H and O–H groups in total. The van der Waals surface area contributed by atoms with Crippen LogP contribution in [0.25, 0.3) is 0 Å². The van der Waals surface area contributed by atoms with Crippen LogP contribution in [0.3, 0.4) is 0 Å². The average molecular weight is 199 g/mol. The van der Waals surface area contributed by atoms with Crippen molar-refractivity contribution in [2.75, 3.05) is 0 Å². The van der Waals surface area contributed by atoms with Crippen molar-refractivity contribution in [2.24, 2.45) is 5.73 Å². The summed E-state index contributed by atoms with van der Waals surface area (Å²) in [5.74, 6) is -0.385. The van der Waals surface area contributed by atoms with Gasteiger partial charge >= 0.3 is 5.97 Å². The number of ether oxygens (including phenoxy) is 1. The van der Waals surface area contributed by atoms with Crippen molar-refractivity contribution in [3.8, 4) is 0 Å². The van der Waals surface area contributed by atoms with Gasteiger partial charge in [0.1, 0.15) is 6.10 Å². The van der Waals surface area contributed by atoms with Gasteiger partial charge in [-0.15, -0.1) is 0 Å². The van der Waals surface area contributed by atoms with Crippen molar-refractivity contribution in [2.45, 2.75) is 51.7 Å². The molecule has 0 aromatic heterocycles. The van der Waals surface area contributed by atoms with Crippen LogP contribution in [0.5, 0.6) is 0 Å². The van der Waals surface area contributed by atoms with Crippen LogP contribution in [0, 0.1) is 0 Å². The molecule has 82 valence electrons. The molecule has 0 aliphatic carbocycles. The molecule has 2 unspecified atom stereocenters. The predicted molar refractivity (Wildman–Crippen MR) is 57.9 cm³/mol. The largest absolute Gasteiger partial charge is 0.458 e. The Bertz CT molecular complexity index is 178. The van der Waals surface area contributed by atoms with E-state index in [-0.39, 0.29) is 18.1 Å². The first-order chi connectivity index (χ1) is 6.61. The number of hydrogen-bond acceptors (Lipinski definition) is 3. The number of hydrogen-bond donors (Lipinski definition) is 1. The lowest BCUT2D eigenvalue weighted by Crippen LogP contribution is -2.35. The van der Waals surface area contributed by atoms with Crippen molar-refractivity contribution in [3.05, 3.63) is 12.7 Å². The van der Waals surface area contributed by atoms with E-state index >= 15 is 0 Å². The van der Waals surface area contributed by atoms with Gasteiger partial charge in [0.15, 0.2) is 0 Å². The molecule has 0 fully saturated rings. The zero-order valence-electron chi connectivity index (χ0n) is 9.16. The second-order valence-corrected chi connectivity index (χ2v) is 3.53. The molecule has 0 aromatic carbocycles. The van der Waals surface area contributed by atoms with Gasteiger partial charge in [-0.2, -0.15) is 0 Å². The zero-order chi connectivity index (χ0) is 11.0. The highest BCUT2D eigenvalue weighted by molar-refractivity contribution is 5.81. The van der Waals surface area contributed by atoms with E-state index < -0.39 is 0 Å². The quantitative estimate of drug-likeness (QED) is 0.387. The molecule has 0 aromatic rings. The Labute approximate surface area is 86.3 Å². The predicted octanol–water partition coefficient (Wildman–Crippen LogP) is 2.01.